The van der Waals surface area contributed by atoms with Gasteiger partial charge in [0.25, 0.3) is 5.91 Å². The lowest BCUT2D eigenvalue weighted by molar-refractivity contribution is -0.155. The van der Waals surface area contributed by atoms with Gasteiger partial charge >= 0.3 is 5.97 Å². The van der Waals surface area contributed by atoms with Crippen molar-refractivity contribution >= 4 is 11.9 Å². The van der Waals surface area contributed by atoms with E-state index < -0.39 is 17.5 Å². The van der Waals surface area contributed by atoms with Crippen LogP contribution in [0.5, 0.6) is 5.75 Å². The van der Waals surface area contributed by atoms with Crippen LogP contribution in [0.15, 0.2) is 24.3 Å². The number of nitrogens with one attached hydrogen (secondary N) is 1. The molecule has 0 aliphatic heterocycles. The third kappa shape index (κ3) is 3.96. The van der Waals surface area contributed by atoms with E-state index in [1.807, 2.05) is 0 Å². The first-order valence-corrected chi connectivity index (χ1v) is 5.84. The molecule has 3 N–H and O–H groups in total. The van der Waals surface area contributed by atoms with Crippen LogP contribution in [0.1, 0.15) is 24.2 Å². The van der Waals surface area contributed by atoms with Crippen LogP contribution in [0, 0.1) is 0 Å². The molecule has 0 radical (unpaired) electrons. The molecule has 0 saturated carbocycles. The number of carboxylic acid groups (broad SMARTS) is 1. The fourth-order valence-corrected chi connectivity index (χ4v) is 1.36. The normalized spacial score (nSPS) is 13.4. The number of hydrogen-bond acceptors (Lipinski definition) is 4. The molecule has 0 heterocycles. The highest BCUT2D eigenvalue weighted by atomic mass is 16.5. The molecular weight excluding hydrogens is 250 g/mol. The van der Waals surface area contributed by atoms with Crippen LogP contribution in [0.2, 0.25) is 0 Å². The van der Waals surface area contributed by atoms with Crippen molar-refractivity contribution in [2.24, 2.45) is 0 Å². The molecule has 0 fully saturated rings. The lowest BCUT2D eigenvalue weighted by atomic mass is 10.1. The SMILES string of the molecule is CCOc1ccccc1C(=O)NCC(C)(O)C(=O)O. The van der Waals surface area contributed by atoms with Crippen LogP contribution < -0.4 is 10.1 Å². The molecule has 1 aromatic rings. The maximum absolute atomic E-state index is 11.9. The zero-order valence-corrected chi connectivity index (χ0v) is 10.8. The van der Waals surface area contributed by atoms with Crippen LogP contribution in [-0.2, 0) is 4.79 Å². The monoisotopic (exact) mass is 267 g/mol. The number of carboxylic acids is 1. The fraction of sp³-hybridized carbons (Fsp3) is 0.385. The number of ether oxygens (including phenoxy) is 1. The largest absolute Gasteiger partial charge is 0.493 e. The van der Waals surface area contributed by atoms with E-state index in [0.717, 1.165) is 6.92 Å². The summed E-state index contributed by atoms with van der Waals surface area (Å²) in [5.41, 5.74) is -1.71. The van der Waals surface area contributed by atoms with E-state index >= 15 is 0 Å². The Bertz CT molecular complexity index is 470. The Morgan fingerprint density at radius 1 is 1.37 bits per heavy atom. The highest BCUT2D eigenvalue weighted by Gasteiger charge is 2.30. The highest BCUT2D eigenvalue weighted by Crippen LogP contribution is 2.17. The van der Waals surface area contributed by atoms with E-state index in [1.54, 1.807) is 31.2 Å². The minimum absolute atomic E-state index is 0.297. The molecule has 1 amide bonds. The minimum Gasteiger partial charge on any atom is -0.493 e. The summed E-state index contributed by atoms with van der Waals surface area (Å²) in [5.74, 6) is -1.48. The smallest absolute Gasteiger partial charge is 0.337 e. The van der Waals surface area contributed by atoms with Gasteiger partial charge in [0.15, 0.2) is 5.60 Å². The average molecular weight is 267 g/mol. The zero-order valence-electron chi connectivity index (χ0n) is 10.8. The van der Waals surface area contributed by atoms with Gasteiger partial charge < -0.3 is 20.3 Å². The molecule has 0 saturated heterocycles. The van der Waals surface area contributed by atoms with Gasteiger partial charge in [0, 0.05) is 0 Å². The van der Waals surface area contributed by atoms with Crippen molar-refractivity contribution in [3.63, 3.8) is 0 Å². The van der Waals surface area contributed by atoms with Crippen LogP contribution >= 0.6 is 0 Å². The van der Waals surface area contributed by atoms with Gasteiger partial charge in [-0.2, -0.15) is 0 Å². The standard InChI is InChI=1S/C13H17NO5/c1-3-19-10-7-5-4-6-9(10)11(15)14-8-13(2,18)12(16)17/h4-7,18H,3,8H2,1-2H3,(H,14,15)(H,16,17). The van der Waals surface area contributed by atoms with E-state index in [0.29, 0.717) is 17.9 Å². The molecule has 6 heteroatoms. The van der Waals surface area contributed by atoms with Crippen molar-refractivity contribution in [3.05, 3.63) is 29.8 Å². The first kappa shape index (κ1) is 15.0. The third-order valence-electron chi connectivity index (χ3n) is 2.49. The minimum atomic E-state index is -2.00. The number of aliphatic hydroxyl groups is 1. The lowest BCUT2D eigenvalue weighted by Gasteiger charge is -2.18. The first-order chi connectivity index (χ1) is 8.88. The molecule has 1 unspecified atom stereocenters. The molecule has 1 aromatic carbocycles. The van der Waals surface area contributed by atoms with Crippen LogP contribution in [0.4, 0.5) is 0 Å². The molecular formula is C13H17NO5. The Morgan fingerprint density at radius 2 is 2.00 bits per heavy atom. The molecule has 0 aliphatic carbocycles. The van der Waals surface area contributed by atoms with Crippen molar-refractivity contribution in [1.82, 2.24) is 5.32 Å². The molecule has 0 aromatic heterocycles. The number of carbonyl (C=O) groups is 2. The Kier molecular flexibility index (Phi) is 4.88. The van der Waals surface area contributed by atoms with E-state index in [1.165, 1.54) is 0 Å². The summed E-state index contributed by atoms with van der Waals surface area (Å²) in [6, 6.07) is 6.62. The predicted molar refractivity (Wildman–Crippen MR) is 68.2 cm³/mol. The van der Waals surface area contributed by atoms with Crippen molar-refractivity contribution in [2.75, 3.05) is 13.2 Å². The van der Waals surface area contributed by atoms with E-state index in [4.69, 9.17) is 9.84 Å². The van der Waals surface area contributed by atoms with Crippen molar-refractivity contribution in [2.45, 2.75) is 19.4 Å². The summed E-state index contributed by atoms with van der Waals surface area (Å²) in [6.45, 7) is 2.94. The summed E-state index contributed by atoms with van der Waals surface area (Å²) < 4.78 is 5.30. The summed E-state index contributed by atoms with van der Waals surface area (Å²) in [7, 11) is 0. The molecule has 1 rings (SSSR count). The Balaban J connectivity index is 2.76. The van der Waals surface area contributed by atoms with Crippen molar-refractivity contribution in [3.8, 4) is 5.75 Å². The van der Waals surface area contributed by atoms with Crippen LogP contribution in [-0.4, -0.2) is 40.8 Å². The lowest BCUT2D eigenvalue weighted by Crippen LogP contribution is -2.46. The van der Waals surface area contributed by atoms with Crippen molar-refractivity contribution in [1.29, 1.82) is 0 Å². The van der Waals surface area contributed by atoms with Gasteiger partial charge in [0.2, 0.25) is 0 Å². The molecule has 0 bridgehead atoms. The average Bonchev–Trinajstić information content (AvgIpc) is 2.37. The summed E-state index contributed by atoms with van der Waals surface area (Å²) >= 11 is 0. The summed E-state index contributed by atoms with van der Waals surface area (Å²) in [5, 5.41) is 20.6. The maximum Gasteiger partial charge on any atom is 0.337 e. The topological polar surface area (TPSA) is 95.9 Å². The first-order valence-electron chi connectivity index (χ1n) is 5.84. The van der Waals surface area contributed by atoms with Crippen LogP contribution in [0.25, 0.3) is 0 Å². The summed E-state index contributed by atoms with van der Waals surface area (Å²) in [4.78, 5) is 22.6. The Morgan fingerprint density at radius 3 is 2.58 bits per heavy atom. The molecule has 0 aliphatic rings. The second-order valence-corrected chi connectivity index (χ2v) is 4.19. The molecule has 0 spiro atoms. The fourth-order valence-electron chi connectivity index (χ4n) is 1.36. The third-order valence-corrected chi connectivity index (χ3v) is 2.49. The number of para-hydroxylation sites is 1. The van der Waals surface area contributed by atoms with E-state index in [-0.39, 0.29) is 6.54 Å². The summed E-state index contributed by atoms with van der Waals surface area (Å²) in [6.07, 6.45) is 0. The molecule has 104 valence electrons. The van der Waals surface area contributed by atoms with Crippen molar-refractivity contribution < 1.29 is 24.5 Å². The number of rotatable bonds is 6. The Hall–Kier alpha value is -2.08. The van der Waals surface area contributed by atoms with Gasteiger partial charge in [-0.25, -0.2) is 4.79 Å². The number of carbonyl (C=O) groups excluding carboxylic acids is 1. The molecule has 19 heavy (non-hydrogen) atoms. The second-order valence-electron chi connectivity index (χ2n) is 4.19. The van der Waals surface area contributed by atoms with Gasteiger partial charge in [-0.3, -0.25) is 4.79 Å². The number of benzene rings is 1. The molecule has 6 nitrogen and oxygen atoms in total. The van der Waals surface area contributed by atoms with E-state index in [9.17, 15) is 14.7 Å². The maximum atomic E-state index is 11.9. The van der Waals surface area contributed by atoms with Gasteiger partial charge in [-0.05, 0) is 26.0 Å². The quantitative estimate of drug-likeness (QED) is 0.703. The number of hydrogen-bond donors (Lipinski definition) is 3. The predicted octanol–water partition coefficient (Wildman–Crippen LogP) is 0.651. The number of aliphatic carboxylic acids is 1. The van der Waals surface area contributed by atoms with Gasteiger partial charge in [-0.15, -0.1) is 0 Å². The van der Waals surface area contributed by atoms with Gasteiger partial charge in [-0.1, -0.05) is 12.1 Å². The number of amides is 1. The second kappa shape index (κ2) is 6.19. The Labute approximate surface area is 111 Å². The van der Waals surface area contributed by atoms with Gasteiger partial charge in [0.05, 0.1) is 18.7 Å². The van der Waals surface area contributed by atoms with E-state index in [2.05, 4.69) is 5.32 Å². The van der Waals surface area contributed by atoms with Gasteiger partial charge in [0.1, 0.15) is 5.75 Å². The zero-order chi connectivity index (χ0) is 14.5. The molecule has 1 atom stereocenters. The highest BCUT2D eigenvalue weighted by molar-refractivity contribution is 5.97. The van der Waals surface area contributed by atoms with Crippen LogP contribution in [0.3, 0.4) is 0 Å².